The van der Waals surface area contributed by atoms with Crippen LogP contribution in [0.25, 0.3) is 0 Å². The minimum Gasteiger partial charge on any atom is -0.484 e. The molecule has 21 heavy (non-hydrogen) atoms. The summed E-state index contributed by atoms with van der Waals surface area (Å²) in [4.78, 5) is 16.2. The lowest BCUT2D eigenvalue weighted by atomic mass is 10.2. The van der Waals surface area contributed by atoms with Crippen molar-refractivity contribution >= 4 is 17.2 Å². The highest BCUT2D eigenvalue weighted by molar-refractivity contribution is 7.09. The van der Waals surface area contributed by atoms with Crippen molar-refractivity contribution in [1.29, 1.82) is 0 Å². The molecule has 0 aliphatic heterocycles. The molecule has 0 aliphatic rings. The highest BCUT2D eigenvalue weighted by Gasteiger charge is 2.07. The van der Waals surface area contributed by atoms with Crippen molar-refractivity contribution in [2.75, 3.05) is 6.61 Å². The second-order valence-corrected chi connectivity index (χ2v) is 6.10. The molecule has 1 aromatic heterocycles. The largest absolute Gasteiger partial charge is 0.484 e. The van der Waals surface area contributed by atoms with Crippen molar-refractivity contribution in [3.05, 3.63) is 45.9 Å². The molecule has 0 spiro atoms. The SMILES string of the molecule is Cc1cccc(OCC(=O)NCc2csc(C(C)C)n2)c1. The standard InChI is InChI=1S/C16H20N2O2S/c1-11(2)16-18-13(10-21-16)8-17-15(19)9-20-14-6-4-5-12(3)7-14/h4-7,10-11H,8-9H2,1-3H3,(H,17,19). The fraction of sp³-hybridized carbons (Fsp3) is 0.375. The molecular weight excluding hydrogens is 284 g/mol. The fourth-order valence-electron chi connectivity index (χ4n) is 1.76. The predicted octanol–water partition coefficient (Wildman–Crippen LogP) is 3.27. The number of rotatable bonds is 6. The quantitative estimate of drug-likeness (QED) is 0.891. The molecule has 4 nitrogen and oxygen atoms in total. The van der Waals surface area contributed by atoms with Crippen LogP contribution >= 0.6 is 11.3 Å². The first kappa shape index (κ1) is 15.5. The average Bonchev–Trinajstić information content (AvgIpc) is 2.92. The number of hydrogen-bond donors (Lipinski definition) is 1. The zero-order valence-electron chi connectivity index (χ0n) is 12.6. The highest BCUT2D eigenvalue weighted by atomic mass is 32.1. The summed E-state index contributed by atoms with van der Waals surface area (Å²) in [5.41, 5.74) is 2.00. The second kappa shape index (κ2) is 7.22. The van der Waals surface area contributed by atoms with Gasteiger partial charge in [0.2, 0.25) is 0 Å². The van der Waals surface area contributed by atoms with E-state index in [1.165, 1.54) is 0 Å². The van der Waals surface area contributed by atoms with Crippen LogP contribution in [0.5, 0.6) is 5.75 Å². The minimum atomic E-state index is -0.143. The minimum absolute atomic E-state index is 0.0185. The summed E-state index contributed by atoms with van der Waals surface area (Å²) < 4.78 is 5.45. The van der Waals surface area contributed by atoms with Gasteiger partial charge in [-0.3, -0.25) is 4.79 Å². The average molecular weight is 304 g/mol. The first-order valence-electron chi connectivity index (χ1n) is 6.95. The number of benzene rings is 1. The lowest BCUT2D eigenvalue weighted by molar-refractivity contribution is -0.123. The van der Waals surface area contributed by atoms with Gasteiger partial charge in [-0.15, -0.1) is 11.3 Å². The van der Waals surface area contributed by atoms with Crippen LogP contribution in [0.2, 0.25) is 0 Å². The van der Waals surface area contributed by atoms with Crippen LogP contribution in [-0.4, -0.2) is 17.5 Å². The molecule has 0 saturated carbocycles. The topological polar surface area (TPSA) is 51.2 Å². The van der Waals surface area contributed by atoms with Crippen LogP contribution in [0.4, 0.5) is 0 Å². The molecule has 1 amide bonds. The summed E-state index contributed by atoms with van der Waals surface area (Å²) in [6, 6.07) is 7.64. The first-order chi connectivity index (χ1) is 10.0. The van der Waals surface area contributed by atoms with E-state index in [9.17, 15) is 4.79 Å². The zero-order chi connectivity index (χ0) is 15.2. The van der Waals surface area contributed by atoms with Gasteiger partial charge in [0.15, 0.2) is 6.61 Å². The molecule has 0 atom stereocenters. The molecule has 1 aromatic carbocycles. The van der Waals surface area contributed by atoms with E-state index in [1.807, 2.05) is 36.6 Å². The molecule has 0 aliphatic carbocycles. The van der Waals surface area contributed by atoms with Crippen LogP contribution in [0.1, 0.15) is 36.0 Å². The third kappa shape index (κ3) is 4.86. The van der Waals surface area contributed by atoms with Gasteiger partial charge in [0.1, 0.15) is 5.75 Å². The van der Waals surface area contributed by atoms with Crippen LogP contribution < -0.4 is 10.1 Å². The fourth-order valence-corrected chi connectivity index (χ4v) is 2.60. The molecule has 1 heterocycles. The zero-order valence-corrected chi connectivity index (χ0v) is 13.4. The third-order valence-electron chi connectivity index (χ3n) is 2.89. The Bertz CT molecular complexity index is 608. The van der Waals surface area contributed by atoms with Crippen LogP contribution in [-0.2, 0) is 11.3 Å². The van der Waals surface area contributed by atoms with E-state index >= 15 is 0 Å². The maximum atomic E-state index is 11.8. The first-order valence-corrected chi connectivity index (χ1v) is 7.83. The summed E-state index contributed by atoms with van der Waals surface area (Å²) >= 11 is 1.63. The van der Waals surface area contributed by atoms with Crippen LogP contribution in [0.15, 0.2) is 29.6 Å². The number of nitrogens with zero attached hydrogens (tertiary/aromatic N) is 1. The van der Waals surface area contributed by atoms with Gasteiger partial charge in [0, 0.05) is 11.3 Å². The van der Waals surface area contributed by atoms with E-state index < -0.39 is 0 Å². The number of hydrogen-bond acceptors (Lipinski definition) is 4. The summed E-state index contributed by atoms with van der Waals surface area (Å²) in [6.07, 6.45) is 0. The van der Waals surface area contributed by atoms with Crippen LogP contribution in [0.3, 0.4) is 0 Å². The van der Waals surface area contributed by atoms with Gasteiger partial charge in [-0.2, -0.15) is 0 Å². The number of aromatic nitrogens is 1. The van der Waals surface area contributed by atoms with Gasteiger partial charge >= 0.3 is 0 Å². The molecule has 0 fully saturated rings. The van der Waals surface area contributed by atoms with Crippen molar-refractivity contribution in [3.63, 3.8) is 0 Å². The van der Waals surface area contributed by atoms with Crippen molar-refractivity contribution in [3.8, 4) is 5.75 Å². The molecule has 0 bridgehead atoms. The van der Waals surface area contributed by atoms with E-state index in [4.69, 9.17) is 4.74 Å². The molecule has 0 radical (unpaired) electrons. The Hall–Kier alpha value is -1.88. The smallest absolute Gasteiger partial charge is 0.258 e. The Balaban J connectivity index is 1.76. The Morgan fingerprint density at radius 1 is 1.43 bits per heavy atom. The molecule has 1 N–H and O–H groups in total. The normalized spacial score (nSPS) is 10.7. The van der Waals surface area contributed by atoms with E-state index in [0.29, 0.717) is 18.2 Å². The number of carbonyl (C=O) groups excluding carboxylic acids is 1. The van der Waals surface area contributed by atoms with Gasteiger partial charge in [-0.05, 0) is 24.6 Å². The Morgan fingerprint density at radius 3 is 2.90 bits per heavy atom. The number of ether oxygens (including phenoxy) is 1. The van der Waals surface area contributed by atoms with E-state index in [0.717, 1.165) is 16.3 Å². The lowest BCUT2D eigenvalue weighted by Gasteiger charge is -2.07. The van der Waals surface area contributed by atoms with Crippen molar-refractivity contribution in [1.82, 2.24) is 10.3 Å². The molecule has 112 valence electrons. The molecule has 2 aromatic rings. The monoisotopic (exact) mass is 304 g/mol. The van der Waals surface area contributed by atoms with E-state index in [1.54, 1.807) is 11.3 Å². The number of amides is 1. The number of nitrogens with one attached hydrogen (secondary N) is 1. The Morgan fingerprint density at radius 2 is 2.24 bits per heavy atom. The molecular formula is C16H20N2O2S. The molecule has 0 saturated heterocycles. The number of aryl methyl sites for hydroxylation is 1. The second-order valence-electron chi connectivity index (χ2n) is 5.21. The van der Waals surface area contributed by atoms with Crippen molar-refractivity contribution in [2.45, 2.75) is 33.2 Å². The summed E-state index contributed by atoms with van der Waals surface area (Å²) in [6.45, 7) is 6.67. The van der Waals surface area contributed by atoms with E-state index in [-0.39, 0.29) is 12.5 Å². The number of thiazole rings is 1. The van der Waals surface area contributed by atoms with E-state index in [2.05, 4.69) is 24.1 Å². The van der Waals surface area contributed by atoms with Gasteiger partial charge < -0.3 is 10.1 Å². The maximum Gasteiger partial charge on any atom is 0.258 e. The Kier molecular flexibility index (Phi) is 5.33. The lowest BCUT2D eigenvalue weighted by Crippen LogP contribution is -2.28. The van der Waals surface area contributed by atoms with Gasteiger partial charge in [-0.1, -0.05) is 26.0 Å². The van der Waals surface area contributed by atoms with Gasteiger partial charge in [-0.25, -0.2) is 4.98 Å². The van der Waals surface area contributed by atoms with Crippen molar-refractivity contribution < 1.29 is 9.53 Å². The molecule has 0 unspecified atom stereocenters. The number of carbonyl (C=O) groups is 1. The Labute approximate surface area is 129 Å². The maximum absolute atomic E-state index is 11.8. The predicted molar refractivity (Wildman–Crippen MR) is 84.7 cm³/mol. The summed E-state index contributed by atoms with van der Waals surface area (Å²) in [5.74, 6) is 0.987. The van der Waals surface area contributed by atoms with Gasteiger partial charge in [0.05, 0.1) is 17.2 Å². The molecule has 2 rings (SSSR count). The summed E-state index contributed by atoms with van der Waals surface area (Å²) in [5, 5.41) is 5.89. The van der Waals surface area contributed by atoms with Crippen molar-refractivity contribution in [2.24, 2.45) is 0 Å². The summed E-state index contributed by atoms with van der Waals surface area (Å²) in [7, 11) is 0. The highest BCUT2D eigenvalue weighted by Crippen LogP contribution is 2.18. The third-order valence-corrected chi connectivity index (χ3v) is 4.08. The van der Waals surface area contributed by atoms with Gasteiger partial charge in [0.25, 0.3) is 5.91 Å². The molecule has 5 heteroatoms. The van der Waals surface area contributed by atoms with Crippen LogP contribution in [0, 0.1) is 6.92 Å².